The highest BCUT2D eigenvalue weighted by atomic mass is 19.1. The van der Waals surface area contributed by atoms with E-state index in [1.807, 2.05) is 6.07 Å². The molecule has 9 nitrogen and oxygen atoms in total. The fourth-order valence-corrected chi connectivity index (χ4v) is 4.10. The van der Waals surface area contributed by atoms with Crippen molar-refractivity contribution in [3.63, 3.8) is 0 Å². The summed E-state index contributed by atoms with van der Waals surface area (Å²) in [7, 11) is 0. The standard InChI is InChI=1S/C22H28FN7O2/c23-16-3-4-20-25-14-18(30(20)15-16)22-27-19(26-17-2-1-5-24-13-17)12-21(28-22)32-11-8-29-6-9-31-10-7-29/h3-4,12,14-15,17,24H,1-2,5-11,13H2,(H,26,27,28). The van der Waals surface area contributed by atoms with Crippen LogP contribution in [0.15, 0.2) is 30.6 Å². The van der Waals surface area contributed by atoms with Crippen LogP contribution in [0.5, 0.6) is 5.88 Å². The third kappa shape index (κ3) is 4.98. The van der Waals surface area contributed by atoms with E-state index in [1.54, 1.807) is 16.7 Å². The number of pyridine rings is 1. The van der Waals surface area contributed by atoms with Gasteiger partial charge in [-0.1, -0.05) is 0 Å². The molecule has 1 atom stereocenters. The molecule has 2 aliphatic heterocycles. The molecule has 0 aliphatic carbocycles. The van der Waals surface area contributed by atoms with Crippen LogP contribution in [0, 0.1) is 5.82 Å². The number of hydrogen-bond donors (Lipinski definition) is 2. The van der Waals surface area contributed by atoms with Crippen LogP contribution in [0.1, 0.15) is 12.8 Å². The van der Waals surface area contributed by atoms with Gasteiger partial charge in [0.15, 0.2) is 5.82 Å². The molecule has 32 heavy (non-hydrogen) atoms. The first-order chi connectivity index (χ1) is 15.7. The van der Waals surface area contributed by atoms with Crippen molar-refractivity contribution in [2.45, 2.75) is 18.9 Å². The van der Waals surface area contributed by atoms with E-state index in [-0.39, 0.29) is 11.9 Å². The highest BCUT2D eigenvalue weighted by molar-refractivity contribution is 5.59. The molecule has 0 bridgehead atoms. The van der Waals surface area contributed by atoms with E-state index in [0.29, 0.717) is 35.5 Å². The molecule has 2 N–H and O–H groups in total. The van der Waals surface area contributed by atoms with Crippen LogP contribution in [0.25, 0.3) is 17.2 Å². The lowest BCUT2D eigenvalue weighted by Crippen LogP contribution is -2.39. The summed E-state index contributed by atoms with van der Waals surface area (Å²) in [6, 6.07) is 5.14. The minimum atomic E-state index is -0.346. The second-order valence-corrected chi connectivity index (χ2v) is 8.12. The van der Waals surface area contributed by atoms with E-state index >= 15 is 0 Å². The summed E-state index contributed by atoms with van der Waals surface area (Å²) < 4.78 is 27.0. The normalized spacial score (nSPS) is 19.8. The number of imidazole rings is 1. The molecule has 0 radical (unpaired) electrons. The van der Waals surface area contributed by atoms with Crippen LogP contribution in [-0.2, 0) is 4.74 Å². The van der Waals surface area contributed by atoms with Crippen LogP contribution in [0.4, 0.5) is 10.2 Å². The summed E-state index contributed by atoms with van der Waals surface area (Å²) in [4.78, 5) is 16.0. The highest BCUT2D eigenvalue weighted by Crippen LogP contribution is 2.24. The fraction of sp³-hybridized carbons (Fsp3) is 0.500. The molecule has 10 heteroatoms. The average molecular weight is 442 g/mol. The third-order valence-electron chi connectivity index (χ3n) is 5.81. The van der Waals surface area contributed by atoms with Crippen LogP contribution >= 0.6 is 0 Å². The fourth-order valence-electron chi connectivity index (χ4n) is 4.10. The third-order valence-corrected chi connectivity index (χ3v) is 5.81. The van der Waals surface area contributed by atoms with Crippen molar-refractivity contribution in [3.8, 4) is 17.4 Å². The zero-order chi connectivity index (χ0) is 21.8. The summed E-state index contributed by atoms with van der Waals surface area (Å²) >= 11 is 0. The number of aromatic nitrogens is 4. The van der Waals surface area contributed by atoms with E-state index in [4.69, 9.17) is 14.5 Å². The average Bonchev–Trinajstić information content (AvgIpc) is 3.23. The van der Waals surface area contributed by atoms with Gasteiger partial charge in [0.25, 0.3) is 0 Å². The lowest BCUT2D eigenvalue weighted by molar-refractivity contribution is 0.0320. The Morgan fingerprint density at radius 3 is 3.00 bits per heavy atom. The zero-order valence-corrected chi connectivity index (χ0v) is 18.0. The molecule has 3 aromatic heterocycles. The Bertz CT molecular complexity index is 1050. The number of nitrogens with zero attached hydrogens (tertiary/aromatic N) is 5. The molecule has 2 saturated heterocycles. The van der Waals surface area contributed by atoms with Crippen LogP contribution in [-0.4, -0.2) is 82.8 Å². The second kappa shape index (κ2) is 9.76. The monoisotopic (exact) mass is 441 g/mol. The van der Waals surface area contributed by atoms with E-state index in [2.05, 4.69) is 25.5 Å². The van der Waals surface area contributed by atoms with E-state index in [1.165, 1.54) is 12.3 Å². The number of morpholine rings is 1. The van der Waals surface area contributed by atoms with Gasteiger partial charge in [-0.15, -0.1) is 0 Å². The first-order valence-corrected chi connectivity index (χ1v) is 11.2. The van der Waals surface area contributed by atoms with Crippen molar-refractivity contribution >= 4 is 11.5 Å². The van der Waals surface area contributed by atoms with Gasteiger partial charge in [-0.05, 0) is 31.5 Å². The number of halogens is 1. The SMILES string of the molecule is Fc1ccc2ncc(-c3nc(NC4CCCNC4)cc(OCCN4CCOCC4)n3)n2c1. The molecule has 2 fully saturated rings. The van der Waals surface area contributed by atoms with Gasteiger partial charge in [0, 0.05) is 44.5 Å². The quantitative estimate of drug-likeness (QED) is 0.574. The Hall–Kier alpha value is -2.82. The van der Waals surface area contributed by atoms with Gasteiger partial charge in [0.2, 0.25) is 5.88 Å². The van der Waals surface area contributed by atoms with Crippen LogP contribution in [0.3, 0.4) is 0 Å². The molecule has 0 spiro atoms. The van der Waals surface area contributed by atoms with E-state index in [9.17, 15) is 4.39 Å². The van der Waals surface area contributed by atoms with Gasteiger partial charge in [-0.25, -0.2) is 14.4 Å². The number of nitrogens with one attached hydrogen (secondary N) is 2. The largest absolute Gasteiger partial charge is 0.476 e. The molecule has 5 rings (SSSR count). The topological polar surface area (TPSA) is 88.8 Å². The van der Waals surface area contributed by atoms with Gasteiger partial charge in [0.1, 0.15) is 29.6 Å². The van der Waals surface area contributed by atoms with E-state index < -0.39 is 0 Å². The smallest absolute Gasteiger partial charge is 0.219 e. The summed E-state index contributed by atoms with van der Waals surface area (Å²) in [5.41, 5.74) is 1.25. The molecule has 0 saturated carbocycles. The maximum atomic E-state index is 13.9. The van der Waals surface area contributed by atoms with Gasteiger partial charge in [-0.3, -0.25) is 9.30 Å². The predicted molar refractivity (Wildman–Crippen MR) is 118 cm³/mol. The molecular weight excluding hydrogens is 413 g/mol. The highest BCUT2D eigenvalue weighted by Gasteiger charge is 2.17. The summed E-state index contributed by atoms with van der Waals surface area (Å²) in [5.74, 6) is 1.27. The molecule has 5 heterocycles. The van der Waals surface area contributed by atoms with Crippen molar-refractivity contribution < 1.29 is 13.9 Å². The number of ether oxygens (including phenoxy) is 2. The maximum absolute atomic E-state index is 13.9. The molecule has 170 valence electrons. The minimum Gasteiger partial charge on any atom is -0.476 e. The first-order valence-electron chi connectivity index (χ1n) is 11.2. The van der Waals surface area contributed by atoms with Crippen molar-refractivity contribution in [1.82, 2.24) is 29.6 Å². The summed E-state index contributed by atoms with van der Waals surface area (Å²) in [6.45, 7) is 6.57. The van der Waals surface area contributed by atoms with Crippen LogP contribution in [0.2, 0.25) is 0 Å². The Labute approximate surface area is 186 Å². The van der Waals surface area contributed by atoms with Gasteiger partial charge < -0.3 is 20.1 Å². The van der Waals surface area contributed by atoms with Crippen molar-refractivity contribution in [2.75, 3.05) is 57.9 Å². The summed E-state index contributed by atoms with van der Waals surface area (Å²) in [6.07, 6.45) is 5.24. The number of hydrogen-bond acceptors (Lipinski definition) is 8. The first kappa shape index (κ1) is 21.0. The molecule has 2 aliphatic rings. The van der Waals surface area contributed by atoms with Crippen molar-refractivity contribution in [2.24, 2.45) is 0 Å². The van der Waals surface area contributed by atoms with Gasteiger partial charge in [0.05, 0.1) is 19.4 Å². The Morgan fingerprint density at radius 2 is 2.16 bits per heavy atom. The lowest BCUT2D eigenvalue weighted by Gasteiger charge is -2.26. The molecule has 0 amide bonds. The molecular formula is C22H28FN7O2. The minimum absolute atomic E-state index is 0.285. The number of rotatable bonds is 7. The number of piperidine rings is 1. The maximum Gasteiger partial charge on any atom is 0.219 e. The number of fused-ring (bicyclic) bond motifs is 1. The summed E-state index contributed by atoms with van der Waals surface area (Å²) in [5, 5.41) is 6.90. The molecule has 1 unspecified atom stereocenters. The Balaban J connectivity index is 1.39. The Morgan fingerprint density at radius 1 is 1.25 bits per heavy atom. The Kier molecular flexibility index (Phi) is 6.42. The van der Waals surface area contributed by atoms with Gasteiger partial charge in [-0.2, -0.15) is 4.98 Å². The number of anilines is 1. The van der Waals surface area contributed by atoms with Crippen molar-refractivity contribution in [3.05, 3.63) is 36.4 Å². The zero-order valence-electron chi connectivity index (χ0n) is 18.0. The second-order valence-electron chi connectivity index (χ2n) is 8.12. The molecule has 0 aromatic carbocycles. The van der Waals surface area contributed by atoms with Crippen molar-refractivity contribution in [1.29, 1.82) is 0 Å². The molecule has 3 aromatic rings. The lowest BCUT2D eigenvalue weighted by atomic mass is 10.1. The van der Waals surface area contributed by atoms with E-state index in [0.717, 1.165) is 58.8 Å². The van der Waals surface area contributed by atoms with Crippen LogP contribution < -0.4 is 15.4 Å². The van der Waals surface area contributed by atoms with Gasteiger partial charge >= 0.3 is 0 Å². The predicted octanol–water partition coefficient (Wildman–Crippen LogP) is 1.81.